The van der Waals surface area contributed by atoms with Gasteiger partial charge in [0.2, 0.25) is 11.8 Å². The Kier molecular flexibility index (Phi) is 15.0. The molecule has 2 amide bonds. The van der Waals surface area contributed by atoms with E-state index in [0.717, 1.165) is 29.7 Å². The average molecular weight is 1100 g/mol. The fraction of sp³-hybridized carbons (Fsp3) is 0.357. The maximum Gasteiger partial charge on any atom is 0.319 e. The molecule has 22 heteroatoms. The van der Waals surface area contributed by atoms with Gasteiger partial charge in [0.25, 0.3) is 0 Å². The fourth-order valence-corrected chi connectivity index (χ4v) is 11.3. The van der Waals surface area contributed by atoms with Gasteiger partial charge in [0, 0.05) is 91.2 Å². The van der Waals surface area contributed by atoms with Crippen LogP contribution >= 0.6 is 23.2 Å². The molecule has 404 valence electrons. The summed E-state index contributed by atoms with van der Waals surface area (Å²) in [6.07, 6.45) is 6.43. The number of aliphatic hydroxyl groups is 2. The number of benzene rings is 4. The van der Waals surface area contributed by atoms with Crippen molar-refractivity contribution in [2.45, 2.75) is 82.6 Å². The summed E-state index contributed by atoms with van der Waals surface area (Å²) >= 11 is 14.2. The number of ether oxygens (including phenoxy) is 3. The van der Waals surface area contributed by atoms with Crippen LogP contribution in [0.3, 0.4) is 0 Å². The van der Waals surface area contributed by atoms with Crippen molar-refractivity contribution in [2.75, 3.05) is 44.9 Å². The van der Waals surface area contributed by atoms with Gasteiger partial charge in [-0.1, -0.05) is 90.8 Å². The third kappa shape index (κ3) is 10.3. The van der Waals surface area contributed by atoms with Crippen molar-refractivity contribution in [3.8, 4) is 45.3 Å². The second kappa shape index (κ2) is 22.2. The third-order valence-corrected chi connectivity index (χ3v) is 15.6. The zero-order valence-electron chi connectivity index (χ0n) is 43.1. The van der Waals surface area contributed by atoms with Gasteiger partial charge in [-0.25, -0.2) is 9.07 Å². The van der Waals surface area contributed by atoms with E-state index in [2.05, 4.69) is 41.0 Å². The molecule has 19 nitrogen and oxygen atoms in total. The molecule has 0 saturated carbocycles. The lowest BCUT2D eigenvalue weighted by Crippen LogP contribution is -2.50. The lowest BCUT2D eigenvalue weighted by atomic mass is 9.98. The molecular weight excluding hydrogens is 1040 g/mol. The highest BCUT2D eigenvalue weighted by molar-refractivity contribution is 6.39. The maximum atomic E-state index is 15.7. The van der Waals surface area contributed by atoms with Crippen LogP contribution in [0.2, 0.25) is 10.0 Å². The number of hydrogen-bond acceptors (Lipinski definition) is 15. The molecule has 0 aliphatic carbocycles. The molecule has 4 aromatic heterocycles. The average Bonchev–Trinajstić information content (AvgIpc) is 4.47. The second-order valence-corrected chi connectivity index (χ2v) is 21.2. The van der Waals surface area contributed by atoms with E-state index in [1.54, 1.807) is 38.0 Å². The number of carbonyl (C=O) groups excluding carboxylic acids is 2. The number of aromatic amines is 1. The number of H-pyrrole nitrogens is 1. The summed E-state index contributed by atoms with van der Waals surface area (Å²) in [5, 5.41) is 44.8. The largest absolute Gasteiger partial charge is 0.486 e. The number of aromatic nitrogens is 8. The standard InChI is InChI=1S/C56H57Cl2FN12O7/c1-29(2)51(55(75)70-24-38(73)18-46(70)54(74)63-45(26-72)35-11-9-32(10-12-35)33-13-15-60-16-14-33)71-25-44(67-68-71)34-7-5-31(6-8-34)28-77-52-48(47-40-22-62-66-43(40)20-42(59)49(47)58)41(57)19-39-50(52)64-56(78-27-30(3)76-4)65-53(39)69-23-36-17-37(69)21-61-36/h5-16,19-20,22,25,29-30,36-38,45-46,51,61,72-73H,17-18,21,23-24,26-28H2,1-4H3,(H,62,66)(H,63,74)/t30-,36-,37-,38+,45-,46-,51-/m0/s1. The number of aliphatic hydroxyl groups excluding tert-OH is 2. The number of hydrogen-bond donors (Lipinski definition) is 5. The van der Waals surface area contributed by atoms with Crippen LogP contribution in [0.4, 0.5) is 10.2 Å². The molecule has 7 heterocycles. The number of likely N-dealkylation sites (tertiary alicyclic amines) is 1. The second-order valence-electron chi connectivity index (χ2n) is 20.4. The predicted molar refractivity (Wildman–Crippen MR) is 292 cm³/mol. The maximum absolute atomic E-state index is 15.7. The van der Waals surface area contributed by atoms with E-state index in [1.165, 1.54) is 15.6 Å². The van der Waals surface area contributed by atoms with Crippen molar-refractivity contribution in [3.05, 3.63) is 125 Å². The molecule has 78 heavy (non-hydrogen) atoms. The van der Waals surface area contributed by atoms with Crippen molar-refractivity contribution in [1.29, 1.82) is 0 Å². The van der Waals surface area contributed by atoms with Crippen molar-refractivity contribution in [3.63, 3.8) is 0 Å². The number of methoxy groups -OCH3 is 1. The van der Waals surface area contributed by atoms with E-state index < -0.39 is 41.9 Å². The Balaban J connectivity index is 0.855. The molecule has 0 spiro atoms. The summed E-state index contributed by atoms with van der Waals surface area (Å²) in [4.78, 5) is 46.1. The van der Waals surface area contributed by atoms with Gasteiger partial charge >= 0.3 is 6.01 Å². The van der Waals surface area contributed by atoms with Crippen molar-refractivity contribution < 1.29 is 38.4 Å². The van der Waals surface area contributed by atoms with Gasteiger partial charge in [0.1, 0.15) is 48.1 Å². The Morgan fingerprint density at radius 2 is 1.68 bits per heavy atom. The van der Waals surface area contributed by atoms with Crippen LogP contribution < -0.4 is 25.0 Å². The Hall–Kier alpha value is -7.33. The quantitative estimate of drug-likeness (QED) is 0.0561. The lowest BCUT2D eigenvalue weighted by Gasteiger charge is -2.30. The minimum Gasteiger partial charge on any atom is -0.486 e. The van der Waals surface area contributed by atoms with Crippen LogP contribution in [0.25, 0.3) is 55.3 Å². The zero-order chi connectivity index (χ0) is 54.4. The first-order valence-corrected chi connectivity index (χ1v) is 26.6. The highest BCUT2D eigenvalue weighted by atomic mass is 35.5. The number of carbonyl (C=O) groups is 2. The van der Waals surface area contributed by atoms with Gasteiger partial charge in [-0.3, -0.25) is 19.7 Å². The number of β-amino-alcohol motifs (C(OH)–C–C–N with tert-alkyl or cyclic N) is 1. The minimum atomic E-state index is -0.998. The lowest BCUT2D eigenvalue weighted by molar-refractivity contribution is -0.142. The van der Waals surface area contributed by atoms with Crippen LogP contribution in [-0.2, 0) is 20.9 Å². The van der Waals surface area contributed by atoms with E-state index in [0.29, 0.717) is 56.6 Å². The molecular formula is C56H57Cl2FN12O7. The van der Waals surface area contributed by atoms with Crippen LogP contribution in [-0.4, -0.2) is 137 Å². The summed E-state index contributed by atoms with van der Waals surface area (Å²) in [6, 6.07) is 19.7. The van der Waals surface area contributed by atoms with Gasteiger partial charge in [0.15, 0.2) is 5.75 Å². The molecule has 3 aliphatic rings. The Labute approximate surface area is 458 Å². The van der Waals surface area contributed by atoms with E-state index in [9.17, 15) is 19.8 Å². The predicted octanol–water partition coefficient (Wildman–Crippen LogP) is 7.49. The fourth-order valence-electron chi connectivity index (χ4n) is 10.8. The number of halogens is 3. The van der Waals surface area contributed by atoms with Crippen molar-refractivity contribution >= 4 is 62.6 Å². The normalized spacial score (nSPS) is 19.3. The number of nitrogens with one attached hydrogen (secondary N) is 3. The number of pyridine rings is 1. The van der Waals surface area contributed by atoms with E-state index in [4.69, 9.17) is 47.4 Å². The van der Waals surface area contributed by atoms with Crippen LogP contribution in [0.1, 0.15) is 56.8 Å². The summed E-state index contributed by atoms with van der Waals surface area (Å²) in [7, 11) is 1.60. The monoisotopic (exact) mass is 1100 g/mol. The van der Waals surface area contributed by atoms with E-state index in [-0.39, 0.29) is 84.3 Å². The van der Waals surface area contributed by atoms with Gasteiger partial charge in [0.05, 0.1) is 52.8 Å². The third-order valence-electron chi connectivity index (χ3n) is 14.9. The van der Waals surface area contributed by atoms with E-state index in [1.807, 2.05) is 81.4 Å². The Morgan fingerprint density at radius 1 is 0.923 bits per heavy atom. The van der Waals surface area contributed by atoms with Crippen molar-refractivity contribution in [1.82, 2.24) is 55.7 Å². The topological polar surface area (TPSA) is 231 Å². The van der Waals surface area contributed by atoms with Gasteiger partial charge < -0.3 is 44.9 Å². The summed E-state index contributed by atoms with van der Waals surface area (Å²) < 4.78 is 35.7. The van der Waals surface area contributed by atoms with Crippen LogP contribution in [0.5, 0.6) is 11.8 Å². The zero-order valence-corrected chi connectivity index (χ0v) is 44.6. The van der Waals surface area contributed by atoms with Gasteiger partial charge in [-0.15, -0.1) is 5.10 Å². The first kappa shape index (κ1) is 52.7. The molecule has 3 saturated heterocycles. The smallest absolute Gasteiger partial charge is 0.319 e. The number of anilines is 1. The SMILES string of the molecule is CO[C@@H](C)COc1nc(N2C[C@@H]3C[C@H]2CN3)c2cc(Cl)c(-c3c(Cl)c(F)cc4[nH]ncc34)c(OCc3ccc(-c4cn([C@H](C(=O)N5C[C@H](O)C[C@H]5C(=O)N[C@@H](CO)c5ccc(-c6ccncc6)cc5)C(C)C)nn4)cc3)c2n1. The summed E-state index contributed by atoms with van der Waals surface area (Å²) in [5.41, 5.74) is 5.88. The molecule has 8 aromatic rings. The number of fused-ring (bicyclic) bond motifs is 4. The first-order chi connectivity index (χ1) is 37.8. The number of rotatable bonds is 18. The Bertz CT molecular complexity index is 3500. The molecule has 2 bridgehead atoms. The van der Waals surface area contributed by atoms with E-state index >= 15 is 4.39 Å². The Morgan fingerprint density at radius 3 is 2.38 bits per heavy atom. The highest BCUT2D eigenvalue weighted by Crippen LogP contribution is 2.50. The number of nitrogens with zero attached hydrogens (tertiary/aromatic N) is 9. The van der Waals surface area contributed by atoms with Crippen LogP contribution in [0, 0.1) is 11.7 Å². The molecule has 4 aromatic carbocycles. The molecule has 0 radical (unpaired) electrons. The summed E-state index contributed by atoms with van der Waals surface area (Å²) in [5.74, 6) is -1.02. The molecule has 5 N–H and O–H groups in total. The minimum absolute atomic E-state index is 0.00346. The van der Waals surface area contributed by atoms with Crippen LogP contribution in [0.15, 0.2) is 97.6 Å². The van der Waals surface area contributed by atoms with Crippen molar-refractivity contribution in [2.24, 2.45) is 5.92 Å². The number of amides is 2. The number of piperazine rings is 1. The molecule has 7 atom stereocenters. The van der Waals surface area contributed by atoms with Gasteiger partial charge in [-0.05, 0) is 59.7 Å². The van der Waals surface area contributed by atoms with Gasteiger partial charge in [-0.2, -0.15) is 15.1 Å². The molecule has 3 fully saturated rings. The first-order valence-electron chi connectivity index (χ1n) is 25.8. The molecule has 3 aliphatic heterocycles. The summed E-state index contributed by atoms with van der Waals surface area (Å²) in [6.45, 7) is 6.86. The molecule has 0 unspecified atom stereocenters. The highest BCUT2D eigenvalue weighted by Gasteiger charge is 2.44. The molecule has 11 rings (SSSR count).